The van der Waals surface area contributed by atoms with Gasteiger partial charge in [0.15, 0.2) is 6.61 Å². The molecule has 0 aliphatic carbocycles. The number of aliphatic hydroxyl groups is 1. The van der Waals surface area contributed by atoms with Crippen LogP contribution in [-0.2, 0) is 16.1 Å². The fourth-order valence-electron chi connectivity index (χ4n) is 3.98. The first-order valence-electron chi connectivity index (χ1n) is 11.5. The lowest BCUT2D eigenvalue weighted by molar-refractivity contribution is -0.147. The fraction of sp³-hybridized carbons (Fsp3) is 0.241. The van der Waals surface area contributed by atoms with Crippen molar-refractivity contribution in [3.63, 3.8) is 0 Å². The van der Waals surface area contributed by atoms with Crippen molar-refractivity contribution in [2.75, 3.05) is 13.2 Å². The first-order chi connectivity index (χ1) is 16.9. The third-order valence-electron chi connectivity index (χ3n) is 5.91. The number of rotatable bonds is 8. The second-order valence-corrected chi connectivity index (χ2v) is 8.71. The summed E-state index contributed by atoms with van der Waals surface area (Å²) in [6, 6.07) is 20.2. The summed E-state index contributed by atoms with van der Waals surface area (Å²) >= 11 is 0. The van der Waals surface area contributed by atoms with Crippen molar-refractivity contribution in [2.45, 2.75) is 33.3 Å². The number of carbonyl (C=O) groups excluding carboxylic acids is 1. The first kappa shape index (κ1) is 24.4. The van der Waals surface area contributed by atoms with Gasteiger partial charge in [-0.15, -0.1) is 0 Å². The van der Waals surface area contributed by atoms with Gasteiger partial charge in [0.2, 0.25) is 5.88 Å². The number of pyridine rings is 1. The zero-order valence-electron chi connectivity index (χ0n) is 20.0. The lowest BCUT2D eigenvalue weighted by atomic mass is 9.91. The van der Waals surface area contributed by atoms with Crippen molar-refractivity contribution in [3.8, 4) is 17.0 Å². The number of aryl methyl sites for hydroxylation is 2. The maximum absolute atomic E-state index is 14.0. The zero-order valence-corrected chi connectivity index (χ0v) is 20.0. The van der Waals surface area contributed by atoms with E-state index in [2.05, 4.69) is 0 Å². The Labute approximate surface area is 204 Å². The van der Waals surface area contributed by atoms with Gasteiger partial charge in [0.05, 0.1) is 12.3 Å². The Hall–Kier alpha value is -3.77. The summed E-state index contributed by atoms with van der Waals surface area (Å²) in [6.45, 7) is 5.27. The topological polar surface area (TPSA) is 68.7 Å². The number of hydrogen-bond donors (Lipinski definition) is 1. The number of benzene rings is 3. The number of halogens is 1. The molecule has 1 heterocycles. The minimum atomic E-state index is -0.508. The molecule has 0 bridgehead atoms. The van der Waals surface area contributed by atoms with Gasteiger partial charge in [-0.25, -0.2) is 14.2 Å². The van der Waals surface area contributed by atoms with E-state index in [1.54, 1.807) is 19.1 Å². The van der Waals surface area contributed by atoms with Crippen LogP contribution in [0.5, 0.6) is 5.88 Å². The molecule has 3 aromatic carbocycles. The number of fused-ring (bicyclic) bond motifs is 1. The van der Waals surface area contributed by atoms with Gasteiger partial charge < -0.3 is 14.6 Å². The highest BCUT2D eigenvalue weighted by Crippen LogP contribution is 2.39. The third kappa shape index (κ3) is 5.49. The van der Waals surface area contributed by atoms with Crippen LogP contribution in [0.3, 0.4) is 0 Å². The largest absolute Gasteiger partial charge is 0.465 e. The predicted octanol–water partition coefficient (Wildman–Crippen LogP) is 5.88. The second-order valence-electron chi connectivity index (χ2n) is 8.71. The lowest BCUT2D eigenvalue weighted by Crippen LogP contribution is -2.16. The van der Waals surface area contributed by atoms with Crippen LogP contribution in [0.2, 0.25) is 0 Å². The predicted molar refractivity (Wildman–Crippen MR) is 134 cm³/mol. The molecule has 4 aromatic rings. The normalized spacial score (nSPS) is 11.9. The van der Waals surface area contributed by atoms with Crippen molar-refractivity contribution in [1.82, 2.24) is 4.98 Å². The van der Waals surface area contributed by atoms with Gasteiger partial charge >= 0.3 is 5.97 Å². The van der Waals surface area contributed by atoms with Crippen molar-refractivity contribution >= 4 is 16.7 Å². The van der Waals surface area contributed by atoms with Gasteiger partial charge in [-0.05, 0) is 54.1 Å². The van der Waals surface area contributed by atoms with Crippen LogP contribution in [-0.4, -0.2) is 29.3 Å². The number of hydrogen-bond acceptors (Lipinski definition) is 5. The van der Waals surface area contributed by atoms with E-state index in [-0.39, 0.29) is 31.6 Å². The number of aliphatic hydroxyl groups excluding tert-OH is 1. The highest BCUT2D eigenvalue weighted by Gasteiger charge is 2.21. The molecular weight excluding hydrogens is 445 g/mol. The molecule has 0 saturated heterocycles. The molecule has 1 unspecified atom stereocenters. The maximum atomic E-state index is 14.0. The quantitative estimate of drug-likeness (QED) is 0.324. The Kier molecular flexibility index (Phi) is 7.42. The Morgan fingerprint density at radius 3 is 2.51 bits per heavy atom. The summed E-state index contributed by atoms with van der Waals surface area (Å²) in [5.41, 5.74) is 4.63. The van der Waals surface area contributed by atoms with E-state index >= 15 is 0 Å². The molecule has 0 fully saturated rings. The zero-order chi connectivity index (χ0) is 24.9. The summed E-state index contributed by atoms with van der Waals surface area (Å²) in [4.78, 5) is 17.1. The van der Waals surface area contributed by atoms with E-state index in [9.17, 15) is 14.3 Å². The first-order valence-corrected chi connectivity index (χ1v) is 11.5. The SMILES string of the molecule is Cc1ccc2c(-c3ccc(F)c(C)c3)c(C(C)CO)nc(OCC(=O)OCc3ccccc3)c2c1. The van der Waals surface area contributed by atoms with Gasteiger partial charge in [0.25, 0.3) is 0 Å². The molecule has 0 radical (unpaired) electrons. The van der Waals surface area contributed by atoms with Gasteiger partial charge in [0, 0.05) is 16.9 Å². The molecule has 4 rings (SSSR count). The molecule has 0 saturated carbocycles. The van der Waals surface area contributed by atoms with E-state index in [0.29, 0.717) is 17.1 Å². The van der Waals surface area contributed by atoms with Gasteiger partial charge in [-0.1, -0.05) is 61.0 Å². The van der Waals surface area contributed by atoms with Crippen molar-refractivity contribution in [1.29, 1.82) is 0 Å². The molecule has 180 valence electrons. The second kappa shape index (κ2) is 10.7. The summed E-state index contributed by atoms with van der Waals surface area (Å²) in [7, 11) is 0. The molecule has 5 nitrogen and oxygen atoms in total. The maximum Gasteiger partial charge on any atom is 0.344 e. The van der Waals surface area contributed by atoms with Crippen LogP contribution < -0.4 is 4.74 Å². The van der Waals surface area contributed by atoms with Gasteiger partial charge in [-0.3, -0.25) is 0 Å². The Morgan fingerprint density at radius 2 is 1.80 bits per heavy atom. The van der Waals surface area contributed by atoms with Crippen molar-refractivity contribution < 1.29 is 23.8 Å². The standard InChI is InChI=1S/C29H28FNO4/c1-18-9-11-23-24(13-18)29(35-17-26(33)34-16-21-7-5-4-6-8-21)31-28(20(3)15-32)27(23)22-10-12-25(30)19(2)14-22/h4-14,20,32H,15-17H2,1-3H3. The molecule has 1 atom stereocenters. The highest BCUT2D eigenvalue weighted by atomic mass is 19.1. The lowest BCUT2D eigenvalue weighted by Gasteiger charge is -2.20. The molecule has 35 heavy (non-hydrogen) atoms. The summed E-state index contributed by atoms with van der Waals surface area (Å²) < 4.78 is 25.2. The Morgan fingerprint density at radius 1 is 1.03 bits per heavy atom. The fourth-order valence-corrected chi connectivity index (χ4v) is 3.98. The number of esters is 1. The van der Waals surface area contributed by atoms with Crippen LogP contribution >= 0.6 is 0 Å². The van der Waals surface area contributed by atoms with E-state index in [1.165, 1.54) is 6.07 Å². The monoisotopic (exact) mass is 473 g/mol. The molecule has 0 aliphatic heterocycles. The average molecular weight is 474 g/mol. The van der Waals surface area contributed by atoms with Gasteiger partial charge in [-0.2, -0.15) is 0 Å². The number of carbonyl (C=O) groups is 1. The van der Waals surface area contributed by atoms with E-state index < -0.39 is 5.97 Å². The Balaban J connectivity index is 1.71. The van der Waals surface area contributed by atoms with Crippen molar-refractivity contribution in [2.24, 2.45) is 0 Å². The average Bonchev–Trinajstić information content (AvgIpc) is 2.87. The molecule has 6 heteroatoms. The highest BCUT2D eigenvalue weighted by molar-refractivity contribution is 6.01. The Bertz CT molecular complexity index is 1350. The van der Waals surface area contributed by atoms with Crippen LogP contribution in [0.15, 0.2) is 66.7 Å². The molecular formula is C29H28FNO4. The molecule has 1 aromatic heterocycles. The van der Waals surface area contributed by atoms with Crippen LogP contribution in [0.25, 0.3) is 21.9 Å². The van der Waals surface area contributed by atoms with E-state index in [1.807, 2.05) is 62.4 Å². The number of ether oxygens (including phenoxy) is 2. The molecule has 1 N–H and O–H groups in total. The van der Waals surface area contributed by atoms with Gasteiger partial charge in [0.1, 0.15) is 12.4 Å². The van der Waals surface area contributed by atoms with Crippen LogP contribution in [0.1, 0.15) is 35.2 Å². The summed E-state index contributed by atoms with van der Waals surface area (Å²) in [6.07, 6.45) is 0. The third-order valence-corrected chi connectivity index (χ3v) is 5.91. The van der Waals surface area contributed by atoms with Crippen LogP contribution in [0.4, 0.5) is 4.39 Å². The van der Waals surface area contributed by atoms with Crippen LogP contribution in [0, 0.1) is 19.7 Å². The summed E-state index contributed by atoms with van der Waals surface area (Å²) in [5, 5.41) is 11.5. The summed E-state index contributed by atoms with van der Waals surface area (Å²) in [5.74, 6) is -0.814. The minimum Gasteiger partial charge on any atom is -0.465 e. The smallest absolute Gasteiger partial charge is 0.344 e. The number of aromatic nitrogens is 1. The molecule has 0 spiro atoms. The molecule has 0 aliphatic rings. The minimum absolute atomic E-state index is 0.129. The van der Waals surface area contributed by atoms with Crippen molar-refractivity contribution in [3.05, 3.63) is 94.9 Å². The molecule has 0 amide bonds. The van der Waals surface area contributed by atoms with E-state index in [0.717, 1.165) is 33.0 Å². The number of nitrogens with zero attached hydrogens (tertiary/aromatic N) is 1. The van der Waals surface area contributed by atoms with E-state index in [4.69, 9.17) is 14.5 Å².